The second kappa shape index (κ2) is 7.92. The molecule has 0 radical (unpaired) electrons. The minimum Gasteiger partial charge on any atom is -0.481 e. The summed E-state index contributed by atoms with van der Waals surface area (Å²) >= 11 is 0. The molecule has 6 heteroatoms. The number of aliphatic carboxylic acids is 1. The van der Waals surface area contributed by atoms with Crippen molar-refractivity contribution in [1.29, 1.82) is 0 Å². The Hall–Kier alpha value is -1.30. The number of aliphatic hydroxyl groups excluding tert-OH is 1. The molecule has 2 amide bonds. The summed E-state index contributed by atoms with van der Waals surface area (Å²) in [4.78, 5) is 23.2. The van der Waals surface area contributed by atoms with Crippen LogP contribution in [0, 0.1) is 5.92 Å². The molecule has 0 aliphatic heterocycles. The number of carboxylic acids is 1. The lowest BCUT2D eigenvalue weighted by Gasteiger charge is -2.16. The first kappa shape index (κ1) is 14.7. The van der Waals surface area contributed by atoms with Gasteiger partial charge in [0.05, 0.1) is 12.5 Å². The Morgan fingerprint density at radius 2 is 2.06 bits per heavy atom. The van der Waals surface area contributed by atoms with Crippen LogP contribution in [0.1, 0.15) is 19.8 Å². The predicted octanol–water partition coefficient (Wildman–Crippen LogP) is 0.121. The number of amides is 2. The van der Waals surface area contributed by atoms with E-state index in [4.69, 9.17) is 10.2 Å². The monoisotopic (exact) mass is 232 g/mol. The summed E-state index contributed by atoms with van der Waals surface area (Å²) in [5.74, 6) is -1.20. The SMILES string of the molecule is CC(CCCNC(=O)N(C)CCO)C(=O)O. The maximum absolute atomic E-state index is 11.3. The molecular formula is C10H20N2O4. The Kier molecular flexibility index (Phi) is 7.28. The van der Waals surface area contributed by atoms with Crippen molar-refractivity contribution in [3.05, 3.63) is 0 Å². The van der Waals surface area contributed by atoms with Gasteiger partial charge in [-0.2, -0.15) is 0 Å². The lowest BCUT2D eigenvalue weighted by Crippen LogP contribution is -2.39. The van der Waals surface area contributed by atoms with Crippen molar-refractivity contribution in [2.75, 3.05) is 26.7 Å². The molecule has 94 valence electrons. The molecule has 0 fully saturated rings. The van der Waals surface area contributed by atoms with E-state index in [1.165, 1.54) is 4.90 Å². The van der Waals surface area contributed by atoms with Crippen molar-refractivity contribution in [2.45, 2.75) is 19.8 Å². The number of carbonyl (C=O) groups is 2. The fourth-order valence-corrected chi connectivity index (χ4v) is 1.11. The summed E-state index contributed by atoms with van der Waals surface area (Å²) in [6.07, 6.45) is 1.17. The fraction of sp³-hybridized carbons (Fsp3) is 0.800. The number of aliphatic hydroxyl groups is 1. The van der Waals surface area contributed by atoms with Crippen molar-refractivity contribution in [1.82, 2.24) is 10.2 Å². The standard InChI is InChI=1S/C10H20N2O4/c1-8(9(14)15)4-3-5-11-10(16)12(2)6-7-13/h8,13H,3-7H2,1-2H3,(H,11,16)(H,14,15). The first-order valence-electron chi connectivity index (χ1n) is 5.31. The van der Waals surface area contributed by atoms with E-state index in [1.54, 1.807) is 14.0 Å². The Bertz CT molecular complexity index is 233. The van der Waals surface area contributed by atoms with Gasteiger partial charge in [0.1, 0.15) is 0 Å². The highest BCUT2D eigenvalue weighted by Crippen LogP contribution is 2.04. The van der Waals surface area contributed by atoms with Crippen LogP contribution in [0.4, 0.5) is 4.79 Å². The lowest BCUT2D eigenvalue weighted by molar-refractivity contribution is -0.141. The zero-order chi connectivity index (χ0) is 12.6. The molecule has 0 saturated carbocycles. The van der Waals surface area contributed by atoms with Crippen LogP contribution in [0.2, 0.25) is 0 Å². The molecule has 1 unspecified atom stereocenters. The number of carbonyl (C=O) groups excluding carboxylic acids is 1. The first-order valence-corrected chi connectivity index (χ1v) is 5.31. The van der Waals surface area contributed by atoms with Gasteiger partial charge in [-0.1, -0.05) is 6.92 Å². The number of likely N-dealkylation sites (N-methyl/N-ethyl adjacent to an activating group) is 1. The van der Waals surface area contributed by atoms with Crippen molar-refractivity contribution in [2.24, 2.45) is 5.92 Å². The third-order valence-electron chi connectivity index (χ3n) is 2.29. The molecule has 0 rings (SSSR count). The smallest absolute Gasteiger partial charge is 0.317 e. The minimum atomic E-state index is -0.816. The van der Waals surface area contributed by atoms with E-state index in [0.29, 0.717) is 19.4 Å². The molecule has 0 aliphatic rings. The third-order valence-corrected chi connectivity index (χ3v) is 2.29. The summed E-state index contributed by atoms with van der Waals surface area (Å²) < 4.78 is 0. The molecule has 1 atom stereocenters. The highest BCUT2D eigenvalue weighted by molar-refractivity contribution is 5.73. The quantitative estimate of drug-likeness (QED) is 0.544. The molecule has 0 aromatic carbocycles. The molecule has 0 aromatic rings. The summed E-state index contributed by atoms with van der Waals surface area (Å²) in [6.45, 7) is 2.31. The molecule has 16 heavy (non-hydrogen) atoms. The first-order chi connectivity index (χ1) is 7.49. The molecule has 6 nitrogen and oxygen atoms in total. The molecular weight excluding hydrogens is 212 g/mol. The van der Waals surface area contributed by atoms with Gasteiger partial charge in [0, 0.05) is 20.1 Å². The number of hydrogen-bond donors (Lipinski definition) is 3. The summed E-state index contributed by atoms with van der Waals surface area (Å²) in [5.41, 5.74) is 0. The van der Waals surface area contributed by atoms with Gasteiger partial charge in [0.2, 0.25) is 0 Å². The molecule has 0 bridgehead atoms. The van der Waals surface area contributed by atoms with Gasteiger partial charge in [-0.3, -0.25) is 4.79 Å². The van der Waals surface area contributed by atoms with Gasteiger partial charge >= 0.3 is 12.0 Å². The van der Waals surface area contributed by atoms with E-state index in [2.05, 4.69) is 5.32 Å². The van der Waals surface area contributed by atoms with Crippen LogP contribution in [-0.2, 0) is 4.79 Å². The number of hydrogen-bond acceptors (Lipinski definition) is 3. The van der Waals surface area contributed by atoms with Gasteiger partial charge < -0.3 is 20.4 Å². The van der Waals surface area contributed by atoms with Crippen molar-refractivity contribution >= 4 is 12.0 Å². The van der Waals surface area contributed by atoms with Gasteiger partial charge in [0.25, 0.3) is 0 Å². The summed E-state index contributed by atoms with van der Waals surface area (Å²) in [5, 5.41) is 19.9. The number of urea groups is 1. The van der Waals surface area contributed by atoms with Crippen LogP contribution in [-0.4, -0.2) is 53.9 Å². The van der Waals surface area contributed by atoms with Crippen molar-refractivity contribution in [3.63, 3.8) is 0 Å². The zero-order valence-electron chi connectivity index (χ0n) is 9.77. The molecule has 0 aromatic heterocycles. The largest absolute Gasteiger partial charge is 0.481 e. The minimum absolute atomic E-state index is 0.0695. The average Bonchev–Trinajstić information content (AvgIpc) is 2.23. The second-order valence-corrected chi connectivity index (χ2v) is 3.76. The fourth-order valence-electron chi connectivity index (χ4n) is 1.11. The van der Waals surface area contributed by atoms with E-state index in [0.717, 1.165) is 0 Å². The van der Waals surface area contributed by atoms with Crippen LogP contribution in [0.15, 0.2) is 0 Å². The van der Waals surface area contributed by atoms with Gasteiger partial charge in [0.15, 0.2) is 0 Å². The molecule has 0 aliphatic carbocycles. The molecule has 0 spiro atoms. The topological polar surface area (TPSA) is 89.9 Å². The summed E-state index contributed by atoms with van der Waals surface area (Å²) in [7, 11) is 1.59. The Morgan fingerprint density at radius 3 is 2.56 bits per heavy atom. The highest BCUT2D eigenvalue weighted by atomic mass is 16.4. The van der Waals surface area contributed by atoms with E-state index in [1.807, 2.05) is 0 Å². The lowest BCUT2D eigenvalue weighted by atomic mass is 10.1. The summed E-state index contributed by atoms with van der Waals surface area (Å²) in [6, 6.07) is -0.253. The van der Waals surface area contributed by atoms with E-state index >= 15 is 0 Å². The van der Waals surface area contributed by atoms with Crippen LogP contribution < -0.4 is 5.32 Å². The Morgan fingerprint density at radius 1 is 1.44 bits per heavy atom. The van der Waals surface area contributed by atoms with E-state index in [9.17, 15) is 9.59 Å². The van der Waals surface area contributed by atoms with Crippen LogP contribution in [0.25, 0.3) is 0 Å². The maximum Gasteiger partial charge on any atom is 0.317 e. The van der Waals surface area contributed by atoms with Crippen LogP contribution in [0.5, 0.6) is 0 Å². The number of nitrogens with zero attached hydrogens (tertiary/aromatic N) is 1. The molecule has 0 heterocycles. The Balaban J connectivity index is 3.58. The average molecular weight is 232 g/mol. The van der Waals surface area contributed by atoms with E-state index < -0.39 is 5.97 Å². The van der Waals surface area contributed by atoms with E-state index in [-0.39, 0.29) is 25.1 Å². The van der Waals surface area contributed by atoms with Crippen molar-refractivity contribution in [3.8, 4) is 0 Å². The maximum atomic E-state index is 11.3. The van der Waals surface area contributed by atoms with Crippen LogP contribution in [0.3, 0.4) is 0 Å². The highest BCUT2D eigenvalue weighted by Gasteiger charge is 2.11. The van der Waals surface area contributed by atoms with Crippen molar-refractivity contribution < 1.29 is 19.8 Å². The normalized spacial score (nSPS) is 11.9. The van der Waals surface area contributed by atoms with Gasteiger partial charge in [-0.15, -0.1) is 0 Å². The molecule has 3 N–H and O–H groups in total. The zero-order valence-corrected chi connectivity index (χ0v) is 9.77. The number of carboxylic acid groups (broad SMARTS) is 1. The molecule has 0 saturated heterocycles. The number of nitrogens with one attached hydrogen (secondary N) is 1. The third kappa shape index (κ3) is 6.23. The van der Waals surface area contributed by atoms with Gasteiger partial charge in [-0.25, -0.2) is 4.79 Å². The predicted molar refractivity (Wildman–Crippen MR) is 59.1 cm³/mol. The Labute approximate surface area is 95.2 Å². The van der Waals surface area contributed by atoms with Gasteiger partial charge in [-0.05, 0) is 12.8 Å². The van der Waals surface area contributed by atoms with Crippen LogP contribution >= 0.6 is 0 Å². The number of rotatable bonds is 7. The second-order valence-electron chi connectivity index (χ2n) is 3.76.